The number of aromatic amines is 1. The molecule has 2 rings (SSSR count). The molecule has 0 amide bonds. The molecule has 2 aromatic rings. The third-order valence-electron chi connectivity index (χ3n) is 1.99. The van der Waals surface area contributed by atoms with Crippen molar-refractivity contribution in [2.45, 2.75) is 0 Å². The smallest absolute Gasteiger partial charge is 0.249 e. The highest BCUT2D eigenvalue weighted by Gasteiger charge is 2.00. The van der Waals surface area contributed by atoms with Gasteiger partial charge in [-0.2, -0.15) is 0 Å². The third kappa shape index (κ3) is 2.49. The van der Waals surface area contributed by atoms with E-state index in [1.165, 1.54) is 6.07 Å². The van der Waals surface area contributed by atoms with Gasteiger partial charge < -0.3 is 4.98 Å². The van der Waals surface area contributed by atoms with Gasteiger partial charge in [-0.25, -0.2) is 0 Å². The molecule has 0 fully saturated rings. The van der Waals surface area contributed by atoms with Crippen LogP contribution in [0.4, 0.5) is 0 Å². The number of pyridine rings is 1. The van der Waals surface area contributed by atoms with E-state index in [2.05, 4.69) is 20.9 Å². The van der Waals surface area contributed by atoms with Crippen LogP contribution in [0, 0.1) is 0 Å². The molecule has 0 spiro atoms. The van der Waals surface area contributed by atoms with E-state index in [0.29, 0.717) is 5.15 Å². The lowest BCUT2D eigenvalue weighted by Gasteiger charge is -2.01. The van der Waals surface area contributed by atoms with Crippen molar-refractivity contribution in [3.8, 4) is 11.1 Å². The topological polar surface area (TPSA) is 32.9 Å². The summed E-state index contributed by atoms with van der Waals surface area (Å²) in [5, 5.41) is 0.348. The van der Waals surface area contributed by atoms with Gasteiger partial charge in [-0.15, -0.1) is 0 Å². The summed E-state index contributed by atoms with van der Waals surface area (Å²) in [4.78, 5) is 13.7. The molecule has 0 unspecified atom stereocenters. The Morgan fingerprint density at radius 2 is 1.73 bits per heavy atom. The number of rotatable bonds is 1. The van der Waals surface area contributed by atoms with Crippen LogP contribution in [0.5, 0.6) is 0 Å². The van der Waals surface area contributed by atoms with Crippen LogP contribution in [0.2, 0.25) is 5.15 Å². The molecule has 0 aliphatic heterocycles. The van der Waals surface area contributed by atoms with Crippen molar-refractivity contribution in [2.75, 3.05) is 0 Å². The molecule has 0 saturated carbocycles. The Bertz CT molecular complexity index is 533. The molecule has 1 heterocycles. The second-order valence-electron chi connectivity index (χ2n) is 3.09. The SMILES string of the molecule is O=c1cc(-c2ccc(Br)cc2)cc(Cl)[nH]1. The van der Waals surface area contributed by atoms with Crippen LogP contribution in [-0.2, 0) is 0 Å². The number of benzene rings is 1. The summed E-state index contributed by atoms with van der Waals surface area (Å²) in [5.41, 5.74) is 1.59. The van der Waals surface area contributed by atoms with E-state index in [0.717, 1.165) is 15.6 Å². The van der Waals surface area contributed by atoms with Gasteiger partial charge in [-0.1, -0.05) is 39.7 Å². The normalized spacial score (nSPS) is 10.3. The van der Waals surface area contributed by atoms with Gasteiger partial charge >= 0.3 is 0 Å². The van der Waals surface area contributed by atoms with Gasteiger partial charge in [0.1, 0.15) is 5.15 Å². The summed E-state index contributed by atoms with van der Waals surface area (Å²) in [6.07, 6.45) is 0. The van der Waals surface area contributed by atoms with E-state index < -0.39 is 0 Å². The Labute approximate surface area is 100 Å². The molecular formula is C11H7BrClNO. The van der Waals surface area contributed by atoms with Crippen molar-refractivity contribution in [1.82, 2.24) is 4.98 Å². The molecule has 76 valence electrons. The Balaban J connectivity index is 2.54. The maximum absolute atomic E-state index is 11.2. The number of hydrogen-bond acceptors (Lipinski definition) is 1. The number of hydrogen-bond donors (Lipinski definition) is 1. The lowest BCUT2D eigenvalue weighted by Crippen LogP contribution is -2.03. The number of aromatic nitrogens is 1. The average molecular weight is 285 g/mol. The molecule has 0 aliphatic rings. The van der Waals surface area contributed by atoms with Gasteiger partial charge in [0.15, 0.2) is 0 Å². The van der Waals surface area contributed by atoms with Gasteiger partial charge in [0.05, 0.1) is 0 Å². The van der Waals surface area contributed by atoms with Crippen LogP contribution >= 0.6 is 27.5 Å². The zero-order valence-corrected chi connectivity index (χ0v) is 9.97. The molecule has 1 aromatic carbocycles. The molecule has 0 atom stereocenters. The van der Waals surface area contributed by atoms with E-state index in [1.807, 2.05) is 24.3 Å². The Morgan fingerprint density at radius 3 is 2.33 bits per heavy atom. The summed E-state index contributed by atoms with van der Waals surface area (Å²) in [5.74, 6) is 0. The van der Waals surface area contributed by atoms with Gasteiger partial charge in [0, 0.05) is 10.5 Å². The molecule has 15 heavy (non-hydrogen) atoms. The van der Waals surface area contributed by atoms with E-state index >= 15 is 0 Å². The minimum atomic E-state index is -0.194. The first-order valence-corrected chi connectivity index (χ1v) is 5.48. The first kappa shape index (κ1) is 10.5. The van der Waals surface area contributed by atoms with Crippen molar-refractivity contribution in [1.29, 1.82) is 0 Å². The number of H-pyrrole nitrogens is 1. The minimum absolute atomic E-state index is 0.194. The van der Waals surface area contributed by atoms with Crippen LogP contribution in [0.15, 0.2) is 45.7 Å². The molecule has 1 N–H and O–H groups in total. The molecule has 0 radical (unpaired) electrons. The van der Waals surface area contributed by atoms with Crippen LogP contribution in [-0.4, -0.2) is 4.98 Å². The lowest BCUT2D eigenvalue weighted by molar-refractivity contribution is 1.24. The first-order chi connectivity index (χ1) is 7.15. The molecule has 0 aliphatic carbocycles. The molecule has 1 aromatic heterocycles. The maximum Gasteiger partial charge on any atom is 0.249 e. The van der Waals surface area contributed by atoms with Gasteiger partial charge in [-0.3, -0.25) is 4.79 Å². The van der Waals surface area contributed by atoms with Gasteiger partial charge in [-0.05, 0) is 29.3 Å². The Kier molecular flexibility index (Phi) is 2.93. The highest BCUT2D eigenvalue weighted by atomic mass is 79.9. The molecular weight excluding hydrogens is 277 g/mol. The van der Waals surface area contributed by atoms with Crippen molar-refractivity contribution in [3.05, 3.63) is 56.4 Å². The summed E-state index contributed by atoms with van der Waals surface area (Å²) in [6, 6.07) is 10.9. The monoisotopic (exact) mass is 283 g/mol. The average Bonchev–Trinajstić information content (AvgIpc) is 2.17. The first-order valence-electron chi connectivity index (χ1n) is 4.31. The molecule has 0 bridgehead atoms. The quantitative estimate of drug-likeness (QED) is 0.799. The van der Waals surface area contributed by atoms with Crippen molar-refractivity contribution in [2.24, 2.45) is 0 Å². The minimum Gasteiger partial charge on any atom is -0.313 e. The molecule has 0 saturated heterocycles. The van der Waals surface area contributed by atoms with Gasteiger partial charge in [0.2, 0.25) is 5.56 Å². The summed E-state index contributed by atoms with van der Waals surface area (Å²) < 4.78 is 1.00. The zero-order valence-electron chi connectivity index (χ0n) is 7.63. The highest BCUT2D eigenvalue weighted by molar-refractivity contribution is 9.10. The molecule has 2 nitrogen and oxygen atoms in total. The fourth-order valence-electron chi connectivity index (χ4n) is 1.32. The number of halogens is 2. The summed E-state index contributed by atoms with van der Waals surface area (Å²) >= 11 is 9.12. The van der Waals surface area contributed by atoms with Crippen molar-refractivity contribution in [3.63, 3.8) is 0 Å². The van der Waals surface area contributed by atoms with Crippen molar-refractivity contribution >= 4 is 27.5 Å². The van der Waals surface area contributed by atoms with E-state index in [9.17, 15) is 4.79 Å². The molecule has 4 heteroatoms. The zero-order chi connectivity index (χ0) is 10.8. The predicted octanol–water partition coefficient (Wildman–Crippen LogP) is 3.46. The second-order valence-corrected chi connectivity index (χ2v) is 4.41. The number of nitrogens with one attached hydrogen (secondary N) is 1. The van der Waals surface area contributed by atoms with E-state index in [-0.39, 0.29) is 5.56 Å². The Morgan fingerprint density at radius 1 is 1.07 bits per heavy atom. The Hall–Kier alpha value is -1.06. The predicted molar refractivity (Wildman–Crippen MR) is 65.2 cm³/mol. The van der Waals surface area contributed by atoms with Crippen LogP contribution < -0.4 is 5.56 Å². The second kappa shape index (κ2) is 4.21. The fraction of sp³-hybridized carbons (Fsp3) is 0. The maximum atomic E-state index is 11.2. The third-order valence-corrected chi connectivity index (χ3v) is 2.72. The lowest BCUT2D eigenvalue weighted by atomic mass is 10.1. The summed E-state index contributed by atoms with van der Waals surface area (Å²) in [7, 11) is 0. The van der Waals surface area contributed by atoms with Crippen LogP contribution in [0.1, 0.15) is 0 Å². The van der Waals surface area contributed by atoms with E-state index in [1.54, 1.807) is 6.07 Å². The standard InChI is InChI=1S/C11H7BrClNO/c12-9-3-1-7(2-4-9)8-5-10(13)14-11(15)6-8/h1-6H,(H,14,15). The largest absolute Gasteiger partial charge is 0.313 e. The highest BCUT2D eigenvalue weighted by Crippen LogP contribution is 2.21. The van der Waals surface area contributed by atoms with Crippen molar-refractivity contribution < 1.29 is 0 Å². The summed E-state index contributed by atoms with van der Waals surface area (Å²) in [6.45, 7) is 0. The van der Waals surface area contributed by atoms with E-state index in [4.69, 9.17) is 11.6 Å². The van der Waals surface area contributed by atoms with Crippen LogP contribution in [0.25, 0.3) is 11.1 Å². The van der Waals surface area contributed by atoms with Gasteiger partial charge in [0.25, 0.3) is 0 Å². The van der Waals surface area contributed by atoms with Crippen LogP contribution in [0.3, 0.4) is 0 Å². The fourth-order valence-corrected chi connectivity index (χ4v) is 1.79.